The smallest absolute Gasteiger partial charge is 0.0659 e. The van der Waals surface area contributed by atoms with Gasteiger partial charge in [0.05, 0.1) is 16.7 Å². The maximum absolute atomic E-state index is 4.56. The van der Waals surface area contributed by atoms with Crippen molar-refractivity contribution in [3.8, 4) is 5.69 Å². The first-order valence-corrected chi connectivity index (χ1v) is 13.6. The summed E-state index contributed by atoms with van der Waals surface area (Å²) in [6.45, 7) is 17.7. The lowest BCUT2D eigenvalue weighted by atomic mass is 9.99. The fraction of sp³-hybridized carbons (Fsp3) is 0.162. The van der Waals surface area contributed by atoms with Crippen molar-refractivity contribution in [2.24, 2.45) is 4.99 Å². The van der Waals surface area contributed by atoms with Crippen molar-refractivity contribution in [3.05, 3.63) is 139 Å². The summed E-state index contributed by atoms with van der Waals surface area (Å²) >= 11 is 0. The van der Waals surface area contributed by atoms with Gasteiger partial charge in [0.25, 0.3) is 0 Å². The molecule has 0 aliphatic heterocycles. The van der Waals surface area contributed by atoms with E-state index in [0.717, 1.165) is 17.7 Å². The topological polar surface area (TPSA) is 17.3 Å². The standard InChI is InChI=1S/C29H28N2.C8H12/c1-5-12-21-15-17-25-26-20-22(27(8-4)30-19-6-2)16-18-28(26)31(29(25)24(21)7-3)23-13-10-9-11-14-23;1-4-6-8(3)7-5-2/h5-6,8-20H,2,7H2,1,3-4H3;4-7H,1H2,2-3H3/b12-5-,27-8-,30-19?;7-5-,8-6-. The van der Waals surface area contributed by atoms with E-state index in [1.807, 2.05) is 45.1 Å². The van der Waals surface area contributed by atoms with Crippen LogP contribution in [0.2, 0.25) is 0 Å². The van der Waals surface area contributed by atoms with E-state index >= 15 is 0 Å². The molecule has 39 heavy (non-hydrogen) atoms. The Balaban J connectivity index is 0.000000459. The number of rotatable bonds is 8. The number of allylic oxidation sites excluding steroid dienone is 8. The minimum absolute atomic E-state index is 0.948. The highest BCUT2D eigenvalue weighted by Crippen LogP contribution is 2.37. The van der Waals surface area contributed by atoms with Gasteiger partial charge in [0.1, 0.15) is 0 Å². The molecule has 4 rings (SSSR count). The Morgan fingerprint density at radius 3 is 2.28 bits per heavy atom. The summed E-state index contributed by atoms with van der Waals surface area (Å²) in [6.07, 6.45) is 18.6. The van der Waals surface area contributed by atoms with Crippen LogP contribution in [0.15, 0.2) is 127 Å². The van der Waals surface area contributed by atoms with Gasteiger partial charge >= 0.3 is 0 Å². The number of hydrogen-bond acceptors (Lipinski definition) is 1. The summed E-state index contributed by atoms with van der Waals surface area (Å²) in [4.78, 5) is 4.56. The van der Waals surface area contributed by atoms with E-state index in [-0.39, 0.29) is 0 Å². The predicted octanol–water partition coefficient (Wildman–Crippen LogP) is 10.7. The van der Waals surface area contributed by atoms with Crippen molar-refractivity contribution in [2.75, 3.05) is 0 Å². The van der Waals surface area contributed by atoms with Crippen LogP contribution >= 0.6 is 0 Å². The summed E-state index contributed by atoms with van der Waals surface area (Å²) in [5, 5.41) is 2.51. The maximum atomic E-state index is 4.56. The van der Waals surface area contributed by atoms with Gasteiger partial charge in [-0.25, -0.2) is 0 Å². The summed E-state index contributed by atoms with van der Waals surface area (Å²) in [5.41, 5.74) is 9.62. The van der Waals surface area contributed by atoms with E-state index in [0.29, 0.717) is 0 Å². The van der Waals surface area contributed by atoms with Gasteiger partial charge in [0.15, 0.2) is 0 Å². The van der Waals surface area contributed by atoms with Crippen molar-refractivity contribution in [2.45, 2.75) is 41.0 Å². The molecule has 0 atom stereocenters. The van der Waals surface area contributed by atoms with Crippen molar-refractivity contribution in [1.29, 1.82) is 0 Å². The molecule has 4 aromatic rings. The van der Waals surface area contributed by atoms with E-state index in [1.54, 1.807) is 18.4 Å². The van der Waals surface area contributed by atoms with Gasteiger partial charge in [-0.2, -0.15) is 0 Å². The van der Waals surface area contributed by atoms with Gasteiger partial charge < -0.3 is 4.57 Å². The number of aromatic nitrogens is 1. The number of nitrogens with zero attached hydrogens (tertiary/aromatic N) is 2. The highest BCUT2D eigenvalue weighted by molar-refractivity contribution is 6.11. The molecule has 0 aliphatic carbocycles. The minimum Gasteiger partial charge on any atom is -0.309 e. The van der Waals surface area contributed by atoms with Gasteiger partial charge in [0.2, 0.25) is 0 Å². The third kappa shape index (κ3) is 6.72. The number of benzene rings is 3. The first kappa shape index (κ1) is 29.1. The number of fused-ring (bicyclic) bond motifs is 3. The average Bonchev–Trinajstić information content (AvgIpc) is 3.28. The molecular formula is C37H40N2. The molecule has 1 heterocycles. The third-order valence-electron chi connectivity index (χ3n) is 6.48. The van der Waals surface area contributed by atoms with Crippen LogP contribution in [0, 0.1) is 0 Å². The fourth-order valence-electron chi connectivity index (χ4n) is 4.86. The lowest BCUT2D eigenvalue weighted by Crippen LogP contribution is -1.98. The Bertz CT molecular complexity index is 1590. The number of hydrogen-bond donors (Lipinski definition) is 0. The second-order valence-electron chi connectivity index (χ2n) is 9.12. The average molecular weight is 513 g/mol. The van der Waals surface area contributed by atoms with Crippen molar-refractivity contribution in [3.63, 3.8) is 0 Å². The second kappa shape index (κ2) is 14.5. The van der Waals surface area contributed by atoms with Gasteiger partial charge in [0, 0.05) is 28.2 Å². The molecule has 0 unspecified atom stereocenters. The quantitative estimate of drug-likeness (QED) is 0.165. The van der Waals surface area contributed by atoms with Crippen LogP contribution in [0.3, 0.4) is 0 Å². The SMILES string of the molecule is C=C/C=C(C)\C=C/C.C=CC=N/C(=C\C)c1ccc2c(c1)c1ccc(/C=C\C)c(CC)c1n2-c1ccccc1. The lowest BCUT2D eigenvalue weighted by molar-refractivity contribution is 1.10. The van der Waals surface area contributed by atoms with Crippen LogP contribution in [0.4, 0.5) is 0 Å². The van der Waals surface area contributed by atoms with Crippen LogP contribution in [-0.2, 0) is 6.42 Å². The monoisotopic (exact) mass is 512 g/mol. The number of para-hydroxylation sites is 1. The van der Waals surface area contributed by atoms with Crippen molar-refractivity contribution in [1.82, 2.24) is 4.57 Å². The van der Waals surface area contributed by atoms with Crippen LogP contribution in [0.25, 0.3) is 39.3 Å². The van der Waals surface area contributed by atoms with E-state index in [4.69, 9.17) is 0 Å². The first-order valence-electron chi connectivity index (χ1n) is 13.6. The Morgan fingerprint density at radius 1 is 0.897 bits per heavy atom. The molecule has 0 amide bonds. The van der Waals surface area contributed by atoms with Gasteiger partial charge in [-0.15, -0.1) is 0 Å². The fourth-order valence-corrected chi connectivity index (χ4v) is 4.86. The van der Waals surface area contributed by atoms with Crippen LogP contribution < -0.4 is 0 Å². The summed E-state index contributed by atoms with van der Waals surface area (Å²) in [5.74, 6) is 0. The molecule has 2 heteroatoms. The Hall–Kier alpha value is -4.43. The Morgan fingerprint density at radius 2 is 1.67 bits per heavy atom. The molecule has 0 fully saturated rings. The highest BCUT2D eigenvalue weighted by Gasteiger charge is 2.17. The van der Waals surface area contributed by atoms with Gasteiger partial charge in [-0.1, -0.05) is 111 Å². The van der Waals surface area contributed by atoms with Crippen molar-refractivity contribution < 1.29 is 0 Å². The summed E-state index contributed by atoms with van der Waals surface area (Å²) in [7, 11) is 0. The van der Waals surface area contributed by atoms with E-state index in [2.05, 4.69) is 109 Å². The molecule has 0 spiro atoms. The first-order chi connectivity index (χ1) is 19.0. The highest BCUT2D eigenvalue weighted by atomic mass is 15.0. The van der Waals surface area contributed by atoms with E-state index < -0.39 is 0 Å². The molecule has 198 valence electrons. The molecule has 1 aromatic heterocycles. The van der Waals surface area contributed by atoms with Crippen LogP contribution in [0.1, 0.15) is 51.3 Å². The van der Waals surface area contributed by atoms with Gasteiger partial charge in [-0.05, 0) is 69.5 Å². The van der Waals surface area contributed by atoms with Crippen molar-refractivity contribution >= 4 is 39.8 Å². The molecule has 0 bridgehead atoms. The zero-order valence-electron chi connectivity index (χ0n) is 24.0. The molecule has 2 nitrogen and oxygen atoms in total. The van der Waals surface area contributed by atoms with Gasteiger partial charge in [-0.3, -0.25) is 4.99 Å². The van der Waals surface area contributed by atoms with Crippen LogP contribution in [-0.4, -0.2) is 10.8 Å². The minimum atomic E-state index is 0.948. The molecule has 0 saturated carbocycles. The predicted molar refractivity (Wildman–Crippen MR) is 176 cm³/mol. The zero-order valence-corrected chi connectivity index (χ0v) is 24.0. The molecular weight excluding hydrogens is 472 g/mol. The summed E-state index contributed by atoms with van der Waals surface area (Å²) < 4.78 is 2.41. The Labute approximate surface area is 234 Å². The Kier molecular flexibility index (Phi) is 10.8. The molecule has 0 N–H and O–H groups in total. The lowest BCUT2D eigenvalue weighted by Gasteiger charge is -2.12. The maximum Gasteiger partial charge on any atom is 0.0659 e. The zero-order chi connectivity index (χ0) is 28.2. The molecule has 3 aromatic carbocycles. The third-order valence-corrected chi connectivity index (χ3v) is 6.48. The number of aliphatic imine (C=N–C) groups is 1. The van der Waals surface area contributed by atoms with Crippen LogP contribution in [0.5, 0.6) is 0 Å². The largest absolute Gasteiger partial charge is 0.309 e. The van der Waals surface area contributed by atoms with E-state index in [9.17, 15) is 0 Å². The normalized spacial score (nSPS) is 12.5. The molecule has 0 saturated heterocycles. The number of aryl methyl sites for hydroxylation is 1. The molecule has 0 radical (unpaired) electrons. The second-order valence-corrected chi connectivity index (χ2v) is 9.12. The molecule has 0 aliphatic rings. The summed E-state index contributed by atoms with van der Waals surface area (Å²) in [6, 6.07) is 21.8. The van der Waals surface area contributed by atoms with E-state index in [1.165, 1.54) is 44.2 Å².